The molecular formula is C30H38F2N2O7S2. The topological polar surface area (TPSA) is 124 Å². The van der Waals surface area contributed by atoms with Crippen molar-refractivity contribution in [3.05, 3.63) is 107 Å². The lowest BCUT2D eigenvalue weighted by atomic mass is 10.0. The number of hydrogen-bond donors (Lipinski definition) is 2. The van der Waals surface area contributed by atoms with E-state index in [-0.39, 0.29) is 17.7 Å². The third kappa shape index (κ3) is 14.0. The Morgan fingerprint density at radius 3 is 1.56 bits per heavy atom. The predicted octanol–water partition coefficient (Wildman–Crippen LogP) is 4.08. The maximum Gasteiger partial charge on any atom is 0.265 e. The summed E-state index contributed by atoms with van der Waals surface area (Å²) in [5, 5.41) is 0. The molecule has 13 heteroatoms. The van der Waals surface area contributed by atoms with Crippen LogP contribution in [0.2, 0.25) is 0 Å². The van der Waals surface area contributed by atoms with Gasteiger partial charge in [-0.05, 0) is 60.3 Å². The quantitative estimate of drug-likeness (QED) is 0.266. The third-order valence-electron chi connectivity index (χ3n) is 6.88. The minimum Gasteiger partial charge on any atom is -0.367 e. The van der Waals surface area contributed by atoms with Crippen LogP contribution in [0.1, 0.15) is 29.2 Å². The highest BCUT2D eigenvalue weighted by Gasteiger charge is 2.19. The minimum atomic E-state index is -4.30. The summed E-state index contributed by atoms with van der Waals surface area (Å²) in [6.45, 7) is 6.77. The number of rotatable bonds is 13. The van der Waals surface area contributed by atoms with Crippen molar-refractivity contribution in [2.75, 3.05) is 57.4 Å². The van der Waals surface area contributed by atoms with Crippen LogP contribution < -0.4 is 0 Å². The van der Waals surface area contributed by atoms with Crippen LogP contribution in [0.5, 0.6) is 0 Å². The zero-order valence-electron chi connectivity index (χ0n) is 23.8. The summed E-state index contributed by atoms with van der Waals surface area (Å²) in [6.07, 6.45) is 1.97. The molecule has 0 unspecified atom stereocenters. The van der Waals surface area contributed by atoms with Crippen molar-refractivity contribution >= 4 is 20.2 Å². The molecule has 1 heterocycles. The molecule has 1 aliphatic heterocycles. The lowest BCUT2D eigenvalue weighted by Crippen LogP contribution is -2.47. The van der Waals surface area contributed by atoms with Gasteiger partial charge in [0.25, 0.3) is 20.2 Å². The fourth-order valence-electron chi connectivity index (χ4n) is 4.56. The summed E-state index contributed by atoms with van der Waals surface area (Å²) < 4.78 is 88.4. The number of halogens is 2. The molecule has 4 rings (SSSR count). The van der Waals surface area contributed by atoms with E-state index >= 15 is 0 Å². The Hall–Kier alpha value is -2.78. The molecular weight excluding hydrogens is 602 g/mol. The van der Waals surface area contributed by atoms with E-state index in [2.05, 4.69) is 40.1 Å². The van der Waals surface area contributed by atoms with Crippen molar-refractivity contribution in [1.29, 1.82) is 0 Å². The standard InChI is InChI=1S/C28H32F2N2O.C2H6O6S2/c29-26-12-8-24(9-13-26)28(25-10-14-27(30)15-11-25)33-22-21-32-19-17-31(18-20-32)16-4-7-23-5-2-1-3-6-23;3-9(4,5)1-2-10(6,7)8/h1-3,5-6,8-15,28H,4,7,16-22H2;1-2H2,(H,3,4,5)(H,6,7,8). The number of piperazine rings is 1. The highest BCUT2D eigenvalue weighted by Crippen LogP contribution is 2.26. The number of hydrogen-bond acceptors (Lipinski definition) is 7. The van der Waals surface area contributed by atoms with Crippen LogP contribution in [0.4, 0.5) is 8.78 Å². The summed E-state index contributed by atoms with van der Waals surface area (Å²) >= 11 is 0. The Bertz CT molecular complexity index is 1370. The molecule has 0 aromatic heterocycles. The van der Waals surface area contributed by atoms with Crippen LogP contribution in [-0.2, 0) is 31.4 Å². The second-order valence-corrected chi connectivity index (χ2v) is 13.3. The molecule has 236 valence electrons. The average Bonchev–Trinajstić information content (AvgIpc) is 2.97. The van der Waals surface area contributed by atoms with Gasteiger partial charge < -0.3 is 9.64 Å². The zero-order chi connectivity index (χ0) is 31.3. The first-order chi connectivity index (χ1) is 20.4. The van der Waals surface area contributed by atoms with Crippen molar-refractivity contribution in [2.45, 2.75) is 18.9 Å². The highest BCUT2D eigenvalue weighted by molar-refractivity contribution is 7.89. The number of nitrogens with zero attached hydrogens (tertiary/aromatic N) is 2. The molecule has 0 saturated carbocycles. The van der Waals surface area contributed by atoms with Gasteiger partial charge >= 0.3 is 0 Å². The minimum absolute atomic E-state index is 0.279. The fourth-order valence-corrected chi connectivity index (χ4v) is 6.24. The van der Waals surface area contributed by atoms with Crippen LogP contribution in [0.25, 0.3) is 0 Å². The molecule has 0 aliphatic carbocycles. The van der Waals surface area contributed by atoms with Crippen molar-refractivity contribution in [2.24, 2.45) is 0 Å². The first-order valence-electron chi connectivity index (χ1n) is 13.9. The number of benzene rings is 3. The summed E-state index contributed by atoms with van der Waals surface area (Å²) in [6, 6.07) is 23.3. The third-order valence-corrected chi connectivity index (χ3v) is 8.58. The second kappa shape index (κ2) is 16.9. The van der Waals surface area contributed by atoms with E-state index in [1.54, 1.807) is 24.3 Å². The SMILES string of the molecule is Fc1ccc(C(OCCN2CCN(CCCc3ccccc3)CC2)c2ccc(F)cc2)cc1.O=S(=O)(O)CCS(=O)(=O)O. The van der Waals surface area contributed by atoms with Crippen molar-refractivity contribution < 1.29 is 39.5 Å². The largest absolute Gasteiger partial charge is 0.367 e. The molecule has 1 aliphatic rings. The maximum absolute atomic E-state index is 13.4. The maximum atomic E-state index is 13.4. The van der Waals surface area contributed by atoms with Crippen LogP contribution in [-0.4, -0.2) is 93.1 Å². The second-order valence-electron chi connectivity index (χ2n) is 10.2. The Morgan fingerprint density at radius 1 is 0.674 bits per heavy atom. The van der Waals surface area contributed by atoms with E-state index in [0.717, 1.165) is 56.8 Å². The molecule has 3 aromatic rings. The predicted molar refractivity (Wildman–Crippen MR) is 161 cm³/mol. The average molecular weight is 641 g/mol. The summed E-state index contributed by atoms with van der Waals surface area (Å²) in [4.78, 5) is 4.97. The summed E-state index contributed by atoms with van der Waals surface area (Å²) in [7, 11) is -8.59. The molecule has 43 heavy (non-hydrogen) atoms. The molecule has 9 nitrogen and oxygen atoms in total. The lowest BCUT2D eigenvalue weighted by molar-refractivity contribution is 0.0451. The molecule has 0 bridgehead atoms. The molecule has 3 aromatic carbocycles. The smallest absolute Gasteiger partial charge is 0.265 e. The van der Waals surface area contributed by atoms with E-state index < -0.39 is 31.7 Å². The first-order valence-corrected chi connectivity index (χ1v) is 17.1. The Morgan fingerprint density at radius 2 is 1.12 bits per heavy atom. The van der Waals surface area contributed by atoms with Gasteiger partial charge in [-0.15, -0.1) is 0 Å². The first kappa shape index (κ1) is 34.7. The van der Waals surface area contributed by atoms with E-state index in [1.165, 1.54) is 36.2 Å². The zero-order valence-corrected chi connectivity index (χ0v) is 25.4. The van der Waals surface area contributed by atoms with Crippen molar-refractivity contribution in [3.8, 4) is 0 Å². The van der Waals surface area contributed by atoms with E-state index in [0.29, 0.717) is 6.61 Å². The van der Waals surface area contributed by atoms with Gasteiger partial charge in [0.2, 0.25) is 0 Å². The normalized spacial score (nSPS) is 14.8. The molecule has 0 spiro atoms. The number of aryl methyl sites for hydroxylation is 1. The van der Waals surface area contributed by atoms with Gasteiger partial charge in [0.1, 0.15) is 17.7 Å². The Labute approximate surface area is 252 Å². The fraction of sp³-hybridized carbons (Fsp3) is 0.400. The van der Waals surface area contributed by atoms with E-state index in [1.807, 2.05) is 0 Å². The Balaban J connectivity index is 0.000000436. The van der Waals surface area contributed by atoms with Crippen molar-refractivity contribution in [1.82, 2.24) is 9.80 Å². The van der Waals surface area contributed by atoms with Gasteiger partial charge in [0.05, 0.1) is 18.1 Å². The Kier molecular flexibility index (Phi) is 13.6. The summed E-state index contributed by atoms with van der Waals surface area (Å²) in [5.74, 6) is -2.52. The van der Waals surface area contributed by atoms with Crippen molar-refractivity contribution in [3.63, 3.8) is 0 Å². The lowest BCUT2D eigenvalue weighted by Gasteiger charge is -2.35. The van der Waals surface area contributed by atoms with Gasteiger partial charge in [-0.3, -0.25) is 14.0 Å². The molecule has 1 fully saturated rings. The van der Waals surface area contributed by atoms with Crippen LogP contribution in [0.15, 0.2) is 78.9 Å². The molecule has 1 saturated heterocycles. The molecule has 2 N–H and O–H groups in total. The van der Waals surface area contributed by atoms with Gasteiger partial charge in [-0.2, -0.15) is 16.8 Å². The van der Waals surface area contributed by atoms with Crippen LogP contribution >= 0.6 is 0 Å². The highest BCUT2D eigenvalue weighted by atomic mass is 32.2. The van der Waals surface area contributed by atoms with Crippen LogP contribution in [0, 0.1) is 11.6 Å². The molecule has 0 atom stereocenters. The molecule has 0 radical (unpaired) electrons. The van der Waals surface area contributed by atoms with Crippen LogP contribution in [0.3, 0.4) is 0 Å². The van der Waals surface area contributed by atoms with Gasteiger partial charge in [0, 0.05) is 32.7 Å². The van der Waals surface area contributed by atoms with E-state index in [4.69, 9.17) is 13.8 Å². The van der Waals surface area contributed by atoms with Gasteiger partial charge in [-0.25, -0.2) is 8.78 Å². The number of ether oxygens (including phenoxy) is 1. The van der Waals surface area contributed by atoms with E-state index in [9.17, 15) is 25.6 Å². The van der Waals surface area contributed by atoms with Gasteiger partial charge in [-0.1, -0.05) is 54.6 Å². The molecule has 0 amide bonds. The van der Waals surface area contributed by atoms with Gasteiger partial charge in [0.15, 0.2) is 0 Å². The monoisotopic (exact) mass is 640 g/mol. The summed E-state index contributed by atoms with van der Waals surface area (Å²) in [5.41, 5.74) is 3.14.